The number of Topliss-reactive ketones (excluding diaryl/α,β-unsaturated/α-hetero) is 1. The first kappa shape index (κ1) is 15.1. The van der Waals surface area contributed by atoms with Crippen molar-refractivity contribution in [3.63, 3.8) is 0 Å². The normalized spacial score (nSPS) is 7.88. The first-order valence-electron chi connectivity index (χ1n) is 5.76. The van der Waals surface area contributed by atoms with Gasteiger partial charge in [0.25, 0.3) is 0 Å². The Morgan fingerprint density at radius 3 is 0.824 bits per heavy atom. The zero-order valence-electron chi connectivity index (χ0n) is 10.5. The van der Waals surface area contributed by atoms with E-state index in [1.54, 1.807) is 6.92 Å². The summed E-state index contributed by atoms with van der Waals surface area (Å²) in [5.41, 5.74) is 0. The number of rotatable bonds is 1. The molecule has 0 saturated carbocycles. The second-order valence-corrected chi connectivity index (χ2v) is 3.36. The summed E-state index contributed by atoms with van der Waals surface area (Å²) in [6.45, 7) is 3.43. The maximum absolute atomic E-state index is 9.81. The summed E-state index contributed by atoms with van der Waals surface area (Å²) in [5, 5.41) is 0. The van der Waals surface area contributed by atoms with Crippen LogP contribution in [-0.4, -0.2) is 5.78 Å². The minimum Gasteiger partial charge on any atom is -0.300 e. The van der Waals surface area contributed by atoms with Crippen molar-refractivity contribution in [3.8, 4) is 0 Å². The number of benzene rings is 2. The Morgan fingerprint density at radius 2 is 0.765 bits per heavy atom. The molecule has 0 radical (unpaired) electrons. The van der Waals surface area contributed by atoms with Gasteiger partial charge in [0, 0.05) is 6.42 Å². The van der Waals surface area contributed by atoms with Crippen LogP contribution in [0.1, 0.15) is 20.3 Å². The van der Waals surface area contributed by atoms with Gasteiger partial charge in [-0.1, -0.05) is 79.7 Å². The van der Waals surface area contributed by atoms with E-state index in [0.717, 1.165) is 0 Å². The van der Waals surface area contributed by atoms with Crippen LogP contribution in [-0.2, 0) is 4.79 Å². The van der Waals surface area contributed by atoms with E-state index in [-0.39, 0.29) is 5.78 Å². The number of carbonyl (C=O) groups excluding carboxylic acids is 1. The molecule has 0 atom stereocenters. The lowest BCUT2D eigenvalue weighted by molar-refractivity contribution is -0.116. The molecule has 2 aromatic carbocycles. The molecule has 2 aromatic rings. The third kappa shape index (κ3) is 14.1. The van der Waals surface area contributed by atoms with Gasteiger partial charge < -0.3 is 4.79 Å². The SMILES string of the molecule is CCC(C)=O.c1ccccc1.c1ccccc1. The zero-order valence-corrected chi connectivity index (χ0v) is 10.5. The molecule has 1 nitrogen and oxygen atoms in total. The highest BCUT2D eigenvalue weighted by Gasteiger charge is 1.76. The van der Waals surface area contributed by atoms with E-state index in [1.807, 2.05) is 79.7 Å². The van der Waals surface area contributed by atoms with Crippen molar-refractivity contribution in [2.24, 2.45) is 0 Å². The Hall–Kier alpha value is -1.89. The number of hydrogen-bond donors (Lipinski definition) is 0. The van der Waals surface area contributed by atoms with Crippen LogP contribution in [0.5, 0.6) is 0 Å². The summed E-state index contributed by atoms with van der Waals surface area (Å²) in [4.78, 5) is 9.81. The molecule has 2 rings (SSSR count). The summed E-state index contributed by atoms with van der Waals surface area (Å²) in [6, 6.07) is 24.0. The van der Waals surface area contributed by atoms with E-state index in [4.69, 9.17) is 0 Å². The quantitative estimate of drug-likeness (QED) is 0.708. The first-order chi connectivity index (χ1) is 8.27. The number of carbonyl (C=O) groups is 1. The molecule has 0 fully saturated rings. The molecule has 0 aliphatic carbocycles. The van der Waals surface area contributed by atoms with Gasteiger partial charge in [-0.25, -0.2) is 0 Å². The summed E-state index contributed by atoms with van der Waals surface area (Å²) >= 11 is 0. The average Bonchev–Trinajstić information content (AvgIpc) is 2.44. The number of ketones is 1. The van der Waals surface area contributed by atoms with Crippen molar-refractivity contribution in [2.75, 3.05) is 0 Å². The smallest absolute Gasteiger partial charge is 0.129 e. The van der Waals surface area contributed by atoms with Gasteiger partial charge in [0.15, 0.2) is 0 Å². The van der Waals surface area contributed by atoms with E-state index in [2.05, 4.69) is 0 Å². The van der Waals surface area contributed by atoms with Gasteiger partial charge in [0.05, 0.1) is 0 Å². The molecular formula is C16H20O. The second-order valence-electron chi connectivity index (χ2n) is 3.36. The van der Waals surface area contributed by atoms with Crippen molar-refractivity contribution in [1.29, 1.82) is 0 Å². The standard InChI is InChI=1S/2C6H6.C4H8O/c2*1-2-4-6-5-3-1;1-3-4(2)5/h2*1-6H;3H2,1-2H3. The molecule has 0 spiro atoms. The largest absolute Gasteiger partial charge is 0.300 e. The molecule has 17 heavy (non-hydrogen) atoms. The maximum Gasteiger partial charge on any atom is 0.129 e. The van der Waals surface area contributed by atoms with Crippen molar-refractivity contribution >= 4 is 5.78 Å². The fourth-order valence-electron chi connectivity index (χ4n) is 0.770. The lowest BCUT2D eigenvalue weighted by atomic mass is 10.4. The Kier molecular flexibility index (Phi) is 10.8. The molecule has 0 amide bonds. The van der Waals surface area contributed by atoms with E-state index in [0.29, 0.717) is 6.42 Å². The lowest BCUT2D eigenvalue weighted by Gasteiger charge is -1.71. The second kappa shape index (κ2) is 12.2. The van der Waals surface area contributed by atoms with Crippen LogP contribution in [0, 0.1) is 0 Å². The van der Waals surface area contributed by atoms with Crippen molar-refractivity contribution in [3.05, 3.63) is 72.8 Å². The fraction of sp³-hybridized carbons (Fsp3) is 0.188. The zero-order chi connectivity index (χ0) is 12.8. The summed E-state index contributed by atoms with van der Waals surface area (Å²) < 4.78 is 0. The van der Waals surface area contributed by atoms with Gasteiger partial charge in [-0.05, 0) is 6.92 Å². The first-order valence-corrected chi connectivity index (χ1v) is 5.76. The van der Waals surface area contributed by atoms with Crippen LogP contribution in [0.2, 0.25) is 0 Å². The predicted molar refractivity (Wildman–Crippen MR) is 73.9 cm³/mol. The van der Waals surface area contributed by atoms with Gasteiger partial charge in [0.2, 0.25) is 0 Å². The Balaban J connectivity index is 0.000000228. The molecule has 0 aromatic heterocycles. The van der Waals surface area contributed by atoms with E-state index in [1.165, 1.54) is 0 Å². The van der Waals surface area contributed by atoms with Crippen LogP contribution in [0.4, 0.5) is 0 Å². The fourth-order valence-corrected chi connectivity index (χ4v) is 0.770. The molecule has 1 heteroatoms. The van der Waals surface area contributed by atoms with Crippen molar-refractivity contribution in [1.82, 2.24) is 0 Å². The lowest BCUT2D eigenvalue weighted by Crippen LogP contribution is -1.80. The van der Waals surface area contributed by atoms with Gasteiger partial charge in [-0.3, -0.25) is 0 Å². The Morgan fingerprint density at radius 1 is 0.647 bits per heavy atom. The van der Waals surface area contributed by atoms with Crippen LogP contribution < -0.4 is 0 Å². The van der Waals surface area contributed by atoms with Crippen LogP contribution in [0.25, 0.3) is 0 Å². The maximum atomic E-state index is 9.81. The molecule has 0 saturated heterocycles. The van der Waals surface area contributed by atoms with Gasteiger partial charge in [0.1, 0.15) is 5.78 Å². The Labute approximate surface area is 104 Å². The van der Waals surface area contributed by atoms with Gasteiger partial charge >= 0.3 is 0 Å². The molecule has 0 aliphatic heterocycles. The van der Waals surface area contributed by atoms with E-state index >= 15 is 0 Å². The molecule has 0 aliphatic rings. The van der Waals surface area contributed by atoms with E-state index in [9.17, 15) is 4.79 Å². The highest BCUT2D eigenvalue weighted by Crippen LogP contribution is 1.80. The Bertz CT molecular complexity index is 269. The summed E-state index contributed by atoms with van der Waals surface area (Å²) in [7, 11) is 0. The minimum atomic E-state index is 0.255. The number of hydrogen-bond acceptors (Lipinski definition) is 1. The van der Waals surface area contributed by atoms with E-state index < -0.39 is 0 Å². The molecule has 0 bridgehead atoms. The molecular weight excluding hydrogens is 208 g/mol. The topological polar surface area (TPSA) is 17.1 Å². The molecule has 0 N–H and O–H groups in total. The molecule has 0 unspecified atom stereocenters. The molecule has 90 valence electrons. The molecule has 0 heterocycles. The minimum absolute atomic E-state index is 0.255. The monoisotopic (exact) mass is 228 g/mol. The average molecular weight is 228 g/mol. The van der Waals surface area contributed by atoms with Crippen LogP contribution >= 0.6 is 0 Å². The van der Waals surface area contributed by atoms with Crippen molar-refractivity contribution < 1.29 is 4.79 Å². The summed E-state index contributed by atoms with van der Waals surface area (Å²) in [6.07, 6.45) is 0.667. The highest BCUT2D eigenvalue weighted by atomic mass is 16.1. The van der Waals surface area contributed by atoms with Crippen LogP contribution in [0.3, 0.4) is 0 Å². The van der Waals surface area contributed by atoms with Gasteiger partial charge in [-0.15, -0.1) is 0 Å². The van der Waals surface area contributed by atoms with Crippen LogP contribution in [0.15, 0.2) is 72.8 Å². The third-order valence-electron chi connectivity index (χ3n) is 1.83. The third-order valence-corrected chi connectivity index (χ3v) is 1.83. The predicted octanol–water partition coefficient (Wildman–Crippen LogP) is 4.36. The summed E-state index contributed by atoms with van der Waals surface area (Å²) in [5.74, 6) is 0.255. The highest BCUT2D eigenvalue weighted by molar-refractivity contribution is 5.74. The van der Waals surface area contributed by atoms with Crippen molar-refractivity contribution in [2.45, 2.75) is 20.3 Å². The van der Waals surface area contributed by atoms with Gasteiger partial charge in [-0.2, -0.15) is 0 Å².